The Bertz CT molecular complexity index is 361. The van der Waals surface area contributed by atoms with E-state index in [0.717, 1.165) is 0 Å². The molecule has 0 aromatic carbocycles. The van der Waals surface area contributed by atoms with Crippen LogP contribution >= 0.6 is 0 Å². The first-order valence-corrected chi connectivity index (χ1v) is 5.34. The zero-order valence-electron chi connectivity index (χ0n) is 7.43. The first-order chi connectivity index (χ1) is 6.02. The number of nitrogens with zero attached hydrogens (tertiary/aromatic N) is 2. The summed E-state index contributed by atoms with van der Waals surface area (Å²) in [5.74, 6) is 0.246. The number of rotatable bonds is 3. The summed E-state index contributed by atoms with van der Waals surface area (Å²) in [5, 5.41) is -0.477. The maximum absolute atomic E-state index is 11.3. The molecule has 0 aliphatic heterocycles. The van der Waals surface area contributed by atoms with Crippen LogP contribution in [0.4, 0.5) is 5.82 Å². The molecule has 0 amide bonds. The Morgan fingerprint density at radius 3 is 2.54 bits per heavy atom. The average Bonchev–Trinajstić information content (AvgIpc) is 2.05. The molecule has 0 spiro atoms. The van der Waals surface area contributed by atoms with Crippen molar-refractivity contribution in [3.63, 3.8) is 0 Å². The summed E-state index contributed by atoms with van der Waals surface area (Å²) in [5.41, 5.74) is 0. The second kappa shape index (κ2) is 3.69. The van der Waals surface area contributed by atoms with E-state index in [0.29, 0.717) is 0 Å². The molecule has 5 nitrogen and oxygen atoms in total. The van der Waals surface area contributed by atoms with Crippen LogP contribution < -0.4 is 4.72 Å². The zero-order chi connectivity index (χ0) is 9.90. The minimum atomic E-state index is -3.30. The van der Waals surface area contributed by atoms with Crippen molar-refractivity contribution in [3.8, 4) is 0 Å². The topological polar surface area (TPSA) is 72.0 Å². The van der Waals surface area contributed by atoms with E-state index in [1.54, 1.807) is 13.8 Å². The molecule has 0 radical (unpaired) electrons. The standard InChI is InChI=1S/C7H11N3O2S/c1-6(2)13(11,12)10-7-5-8-3-4-9-7/h3-6H,1-2H3,(H,9,10). The molecule has 0 atom stereocenters. The fourth-order valence-corrected chi connectivity index (χ4v) is 1.25. The fraction of sp³-hybridized carbons (Fsp3) is 0.429. The van der Waals surface area contributed by atoms with Crippen molar-refractivity contribution in [2.45, 2.75) is 19.1 Å². The highest BCUT2D eigenvalue weighted by Gasteiger charge is 2.15. The maximum Gasteiger partial charge on any atom is 0.236 e. The van der Waals surface area contributed by atoms with Gasteiger partial charge in [-0.1, -0.05) is 0 Å². The Kier molecular flexibility index (Phi) is 2.82. The molecule has 1 rings (SSSR count). The average molecular weight is 201 g/mol. The van der Waals surface area contributed by atoms with Gasteiger partial charge in [0.2, 0.25) is 10.0 Å². The van der Waals surface area contributed by atoms with Crippen LogP contribution in [0.2, 0.25) is 0 Å². The van der Waals surface area contributed by atoms with Crippen LogP contribution in [0.5, 0.6) is 0 Å². The highest BCUT2D eigenvalue weighted by molar-refractivity contribution is 7.93. The van der Waals surface area contributed by atoms with E-state index in [1.807, 2.05) is 0 Å². The lowest BCUT2D eigenvalue weighted by Gasteiger charge is -2.08. The van der Waals surface area contributed by atoms with Crippen LogP contribution in [0.15, 0.2) is 18.6 Å². The largest absolute Gasteiger partial charge is 0.266 e. The third-order valence-electron chi connectivity index (χ3n) is 1.43. The molecule has 0 aliphatic rings. The van der Waals surface area contributed by atoms with Crippen molar-refractivity contribution in [1.82, 2.24) is 9.97 Å². The molecule has 0 bridgehead atoms. The Hall–Kier alpha value is -1.17. The molecule has 72 valence electrons. The molecule has 6 heteroatoms. The Morgan fingerprint density at radius 2 is 2.08 bits per heavy atom. The van der Waals surface area contributed by atoms with Crippen LogP contribution in [0.1, 0.15) is 13.8 Å². The Balaban J connectivity index is 2.82. The van der Waals surface area contributed by atoms with Gasteiger partial charge in [-0.3, -0.25) is 9.71 Å². The molecule has 1 heterocycles. The van der Waals surface area contributed by atoms with E-state index >= 15 is 0 Å². The van der Waals surface area contributed by atoms with Crippen molar-refractivity contribution in [3.05, 3.63) is 18.6 Å². The predicted molar refractivity (Wildman–Crippen MR) is 49.7 cm³/mol. The van der Waals surface area contributed by atoms with E-state index in [4.69, 9.17) is 0 Å². The van der Waals surface area contributed by atoms with Gasteiger partial charge < -0.3 is 0 Å². The van der Waals surface area contributed by atoms with Gasteiger partial charge in [0.1, 0.15) is 0 Å². The van der Waals surface area contributed by atoms with Crippen molar-refractivity contribution >= 4 is 15.8 Å². The van der Waals surface area contributed by atoms with Gasteiger partial charge >= 0.3 is 0 Å². The van der Waals surface area contributed by atoms with Gasteiger partial charge in [0.05, 0.1) is 11.4 Å². The van der Waals surface area contributed by atoms with Crippen LogP contribution in [-0.4, -0.2) is 23.6 Å². The SMILES string of the molecule is CC(C)S(=O)(=O)Nc1cnccn1. The van der Waals surface area contributed by atoms with Crippen molar-refractivity contribution in [2.75, 3.05) is 4.72 Å². The molecule has 13 heavy (non-hydrogen) atoms. The van der Waals surface area contributed by atoms with Crippen LogP contribution in [0, 0.1) is 0 Å². The van der Waals surface area contributed by atoms with Gasteiger partial charge in [-0.2, -0.15) is 0 Å². The van der Waals surface area contributed by atoms with Crippen LogP contribution in [0.3, 0.4) is 0 Å². The number of hydrogen-bond donors (Lipinski definition) is 1. The maximum atomic E-state index is 11.3. The first-order valence-electron chi connectivity index (χ1n) is 3.80. The molecule has 0 unspecified atom stereocenters. The minimum absolute atomic E-state index is 0.246. The number of aromatic nitrogens is 2. The number of sulfonamides is 1. The molecule has 0 aliphatic carbocycles. The molecule has 1 N–H and O–H groups in total. The second-order valence-electron chi connectivity index (χ2n) is 2.79. The van der Waals surface area contributed by atoms with Crippen molar-refractivity contribution in [2.24, 2.45) is 0 Å². The predicted octanol–water partition coefficient (Wildman–Crippen LogP) is 0.627. The quantitative estimate of drug-likeness (QED) is 0.778. The van der Waals surface area contributed by atoms with E-state index in [-0.39, 0.29) is 5.82 Å². The third kappa shape index (κ3) is 2.66. The van der Waals surface area contributed by atoms with Crippen molar-refractivity contribution < 1.29 is 8.42 Å². The van der Waals surface area contributed by atoms with Gasteiger partial charge in [0.15, 0.2) is 5.82 Å². The summed E-state index contributed by atoms with van der Waals surface area (Å²) >= 11 is 0. The summed E-state index contributed by atoms with van der Waals surface area (Å²) in [7, 11) is -3.30. The van der Waals surface area contributed by atoms with Gasteiger partial charge in [-0.15, -0.1) is 0 Å². The monoisotopic (exact) mass is 201 g/mol. The van der Waals surface area contributed by atoms with Gasteiger partial charge in [-0.05, 0) is 13.8 Å². The molecular weight excluding hydrogens is 190 g/mol. The number of hydrogen-bond acceptors (Lipinski definition) is 4. The Labute approximate surface area is 77.3 Å². The summed E-state index contributed by atoms with van der Waals surface area (Å²) in [4.78, 5) is 7.53. The lowest BCUT2D eigenvalue weighted by Crippen LogP contribution is -2.23. The van der Waals surface area contributed by atoms with Crippen LogP contribution in [0.25, 0.3) is 0 Å². The molecule has 0 saturated carbocycles. The highest BCUT2D eigenvalue weighted by atomic mass is 32.2. The number of nitrogens with one attached hydrogen (secondary N) is 1. The molecule has 0 fully saturated rings. The summed E-state index contributed by atoms with van der Waals surface area (Å²) in [6, 6.07) is 0. The van der Waals surface area contributed by atoms with Gasteiger partial charge in [0, 0.05) is 12.4 Å². The molecule has 0 saturated heterocycles. The number of anilines is 1. The van der Waals surface area contributed by atoms with E-state index < -0.39 is 15.3 Å². The van der Waals surface area contributed by atoms with Crippen LogP contribution in [-0.2, 0) is 10.0 Å². The van der Waals surface area contributed by atoms with E-state index in [1.165, 1.54) is 18.6 Å². The molecular formula is C7H11N3O2S. The molecule has 1 aromatic heterocycles. The smallest absolute Gasteiger partial charge is 0.236 e. The highest BCUT2D eigenvalue weighted by Crippen LogP contribution is 2.05. The van der Waals surface area contributed by atoms with E-state index in [2.05, 4.69) is 14.7 Å². The van der Waals surface area contributed by atoms with Gasteiger partial charge in [0.25, 0.3) is 0 Å². The third-order valence-corrected chi connectivity index (χ3v) is 3.17. The lowest BCUT2D eigenvalue weighted by molar-refractivity contribution is 0.592. The minimum Gasteiger partial charge on any atom is -0.266 e. The lowest BCUT2D eigenvalue weighted by atomic mass is 10.6. The summed E-state index contributed by atoms with van der Waals surface area (Å²) in [6.45, 7) is 3.19. The summed E-state index contributed by atoms with van der Waals surface area (Å²) in [6.07, 6.45) is 4.27. The van der Waals surface area contributed by atoms with E-state index in [9.17, 15) is 8.42 Å². The summed E-state index contributed by atoms with van der Waals surface area (Å²) < 4.78 is 25.0. The fourth-order valence-electron chi connectivity index (χ4n) is 0.615. The Morgan fingerprint density at radius 1 is 1.38 bits per heavy atom. The normalized spacial score (nSPS) is 11.6. The zero-order valence-corrected chi connectivity index (χ0v) is 8.25. The van der Waals surface area contributed by atoms with Gasteiger partial charge in [-0.25, -0.2) is 13.4 Å². The second-order valence-corrected chi connectivity index (χ2v) is 5.02. The first kappa shape index (κ1) is 9.91. The molecule has 1 aromatic rings. The van der Waals surface area contributed by atoms with Crippen molar-refractivity contribution in [1.29, 1.82) is 0 Å².